The lowest BCUT2D eigenvalue weighted by molar-refractivity contribution is 0.203. The zero-order valence-electron chi connectivity index (χ0n) is 9.73. The fraction of sp³-hybridized carbons (Fsp3) is 0.571. The Hall–Kier alpha value is -1.02. The zero-order valence-corrected chi connectivity index (χ0v) is 9.73. The third kappa shape index (κ3) is 2.07. The average Bonchev–Trinajstić information content (AvgIpc) is 3.13. The van der Waals surface area contributed by atoms with Crippen molar-refractivity contribution in [2.75, 3.05) is 18.8 Å². The minimum atomic E-state index is 0.735. The van der Waals surface area contributed by atoms with Gasteiger partial charge in [-0.1, -0.05) is 12.1 Å². The Morgan fingerprint density at radius 1 is 1.06 bits per heavy atom. The molecule has 0 unspecified atom stereocenters. The van der Waals surface area contributed by atoms with Crippen molar-refractivity contribution in [2.24, 2.45) is 0 Å². The van der Waals surface area contributed by atoms with Crippen LogP contribution < -0.4 is 5.73 Å². The molecule has 2 aliphatic rings. The van der Waals surface area contributed by atoms with Crippen LogP contribution in [0.1, 0.15) is 37.2 Å². The number of nitrogen functional groups attached to an aromatic ring is 1. The summed E-state index contributed by atoms with van der Waals surface area (Å²) < 4.78 is 0. The van der Waals surface area contributed by atoms with Crippen LogP contribution in [0.15, 0.2) is 24.3 Å². The second-order valence-corrected chi connectivity index (χ2v) is 5.21. The van der Waals surface area contributed by atoms with Gasteiger partial charge in [0.1, 0.15) is 0 Å². The molecule has 0 radical (unpaired) electrons. The third-order valence-electron chi connectivity index (χ3n) is 3.97. The molecule has 1 aliphatic heterocycles. The van der Waals surface area contributed by atoms with Gasteiger partial charge in [-0.25, -0.2) is 0 Å². The molecular weight excluding hydrogens is 196 g/mol. The number of nitrogens with two attached hydrogens (primary N) is 1. The van der Waals surface area contributed by atoms with Crippen molar-refractivity contribution >= 4 is 5.69 Å². The number of hydrogen-bond donors (Lipinski definition) is 1. The topological polar surface area (TPSA) is 29.3 Å². The lowest BCUT2D eigenvalue weighted by atomic mass is 9.89. The molecule has 0 spiro atoms. The molecule has 1 aliphatic carbocycles. The van der Waals surface area contributed by atoms with Crippen LogP contribution >= 0.6 is 0 Å². The Bertz CT molecular complexity index is 363. The van der Waals surface area contributed by atoms with E-state index in [0.717, 1.165) is 17.6 Å². The summed E-state index contributed by atoms with van der Waals surface area (Å²) in [6.07, 6.45) is 5.48. The van der Waals surface area contributed by atoms with Crippen molar-refractivity contribution in [1.82, 2.24) is 4.90 Å². The van der Waals surface area contributed by atoms with Crippen LogP contribution in [0.2, 0.25) is 0 Å². The van der Waals surface area contributed by atoms with Gasteiger partial charge in [0.05, 0.1) is 0 Å². The highest BCUT2D eigenvalue weighted by Gasteiger charge is 2.31. The lowest BCUT2D eigenvalue weighted by Crippen LogP contribution is -2.34. The number of anilines is 1. The average molecular weight is 216 g/mol. The summed E-state index contributed by atoms with van der Waals surface area (Å²) in [6.45, 7) is 2.56. The van der Waals surface area contributed by atoms with Gasteiger partial charge in [0.25, 0.3) is 0 Å². The molecule has 1 aromatic carbocycles. The molecule has 2 heteroatoms. The second-order valence-electron chi connectivity index (χ2n) is 5.21. The quantitative estimate of drug-likeness (QED) is 0.770. The molecule has 86 valence electrons. The number of benzene rings is 1. The SMILES string of the molecule is Nc1cccc(C2CCN(C3CC3)CC2)c1. The Kier molecular flexibility index (Phi) is 2.60. The second kappa shape index (κ2) is 4.10. The fourth-order valence-electron chi connectivity index (χ4n) is 2.85. The number of likely N-dealkylation sites (tertiary alicyclic amines) is 1. The zero-order chi connectivity index (χ0) is 11.0. The Morgan fingerprint density at radius 2 is 1.81 bits per heavy atom. The van der Waals surface area contributed by atoms with E-state index in [-0.39, 0.29) is 0 Å². The van der Waals surface area contributed by atoms with Crippen LogP contribution in [0.4, 0.5) is 5.69 Å². The molecule has 2 nitrogen and oxygen atoms in total. The van der Waals surface area contributed by atoms with Gasteiger partial charge in [0.15, 0.2) is 0 Å². The maximum Gasteiger partial charge on any atom is 0.0316 e. The van der Waals surface area contributed by atoms with Gasteiger partial charge in [0.2, 0.25) is 0 Å². The van der Waals surface area contributed by atoms with Crippen molar-refractivity contribution in [3.05, 3.63) is 29.8 Å². The molecule has 16 heavy (non-hydrogen) atoms. The Morgan fingerprint density at radius 3 is 2.44 bits per heavy atom. The maximum absolute atomic E-state index is 5.84. The number of rotatable bonds is 2. The lowest BCUT2D eigenvalue weighted by Gasteiger charge is -2.32. The van der Waals surface area contributed by atoms with Crippen LogP contribution in [0, 0.1) is 0 Å². The standard InChI is InChI=1S/C14H20N2/c15-13-3-1-2-12(10-13)11-6-8-16(9-7-11)14-4-5-14/h1-3,10-11,14H,4-9,15H2. The molecule has 3 rings (SSSR count). The van der Waals surface area contributed by atoms with Crippen molar-refractivity contribution < 1.29 is 0 Å². The molecule has 1 saturated heterocycles. The molecule has 1 heterocycles. The summed E-state index contributed by atoms with van der Waals surface area (Å²) in [7, 11) is 0. The van der Waals surface area contributed by atoms with E-state index < -0.39 is 0 Å². The van der Waals surface area contributed by atoms with E-state index in [1.807, 2.05) is 6.07 Å². The molecule has 1 aromatic rings. The van der Waals surface area contributed by atoms with Gasteiger partial charge >= 0.3 is 0 Å². The summed E-state index contributed by atoms with van der Waals surface area (Å²) in [5.41, 5.74) is 8.19. The first-order valence-corrected chi connectivity index (χ1v) is 6.42. The summed E-state index contributed by atoms with van der Waals surface area (Å²) in [4.78, 5) is 2.67. The minimum absolute atomic E-state index is 0.735. The molecular formula is C14H20N2. The summed E-state index contributed by atoms with van der Waals surface area (Å²) in [5, 5.41) is 0. The highest BCUT2D eigenvalue weighted by Crippen LogP contribution is 2.34. The summed E-state index contributed by atoms with van der Waals surface area (Å²) >= 11 is 0. The number of hydrogen-bond acceptors (Lipinski definition) is 2. The monoisotopic (exact) mass is 216 g/mol. The van der Waals surface area contributed by atoms with Crippen LogP contribution in [-0.4, -0.2) is 24.0 Å². The van der Waals surface area contributed by atoms with E-state index in [2.05, 4.69) is 23.1 Å². The maximum atomic E-state index is 5.84. The van der Waals surface area contributed by atoms with E-state index >= 15 is 0 Å². The summed E-state index contributed by atoms with van der Waals surface area (Å²) in [6, 6.07) is 9.37. The number of nitrogens with zero attached hydrogens (tertiary/aromatic N) is 1. The van der Waals surface area contributed by atoms with E-state index in [9.17, 15) is 0 Å². The fourth-order valence-corrected chi connectivity index (χ4v) is 2.85. The van der Waals surface area contributed by atoms with Crippen LogP contribution in [-0.2, 0) is 0 Å². The van der Waals surface area contributed by atoms with Gasteiger partial charge in [-0.2, -0.15) is 0 Å². The normalized spacial score (nSPS) is 23.5. The Balaban J connectivity index is 1.64. The van der Waals surface area contributed by atoms with Crippen molar-refractivity contribution in [1.29, 1.82) is 0 Å². The van der Waals surface area contributed by atoms with Crippen LogP contribution in [0.5, 0.6) is 0 Å². The predicted octanol–water partition coefficient (Wildman–Crippen LogP) is 2.61. The van der Waals surface area contributed by atoms with Gasteiger partial charge in [-0.3, -0.25) is 0 Å². The third-order valence-corrected chi connectivity index (χ3v) is 3.97. The molecule has 0 aromatic heterocycles. The Labute approximate surface area is 97.4 Å². The minimum Gasteiger partial charge on any atom is -0.399 e. The largest absolute Gasteiger partial charge is 0.399 e. The summed E-state index contributed by atoms with van der Waals surface area (Å²) in [5.74, 6) is 0.735. The molecule has 0 amide bonds. The van der Waals surface area contributed by atoms with Crippen LogP contribution in [0.25, 0.3) is 0 Å². The van der Waals surface area contributed by atoms with Gasteiger partial charge < -0.3 is 10.6 Å². The highest BCUT2D eigenvalue weighted by atomic mass is 15.2. The first-order chi connectivity index (χ1) is 7.83. The predicted molar refractivity (Wildman–Crippen MR) is 67.4 cm³/mol. The number of piperidine rings is 1. The molecule has 1 saturated carbocycles. The van der Waals surface area contributed by atoms with Gasteiger partial charge in [0, 0.05) is 11.7 Å². The van der Waals surface area contributed by atoms with Crippen molar-refractivity contribution in [3.63, 3.8) is 0 Å². The van der Waals surface area contributed by atoms with E-state index in [0.29, 0.717) is 0 Å². The van der Waals surface area contributed by atoms with Crippen molar-refractivity contribution in [2.45, 2.75) is 37.6 Å². The van der Waals surface area contributed by atoms with Gasteiger partial charge in [-0.05, 0) is 62.4 Å². The highest BCUT2D eigenvalue weighted by molar-refractivity contribution is 5.41. The van der Waals surface area contributed by atoms with E-state index in [1.54, 1.807) is 0 Å². The van der Waals surface area contributed by atoms with Gasteiger partial charge in [-0.15, -0.1) is 0 Å². The van der Waals surface area contributed by atoms with E-state index in [1.165, 1.54) is 44.3 Å². The first kappa shape index (κ1) is 10.2. The molecule has 0 atom stereocenters. The van der Waals surface area contributed by atoms with E-state index in [4.69, 9.17) is 5.73 Å². The van der Waals surface area contributed by atoms with Crippen LogP contribution in [0.3, 0.4) is 0 Å². The van der Waals surface area contributed by atoms with Crippen molar-refractivity contribution in [3.8, 4) is 0 Å². The molecule has 2 fully saturated rings. The molecule has 2 N–H and O–H groups in total. The smallest absolute Gasteiger partial charge is 0.0316 e. The first-order valence-electron chi connectivity index (χ1n) is 6.42. The molecule has 0 bridgehead atoms.